The average Bonchev–Trinajstić information content (AvgIpc) is 3.22. The van der Waals surface area contributed by atoms with E-state index in [0.29, 0.717) is 46.6 Å². The third-order valence-electron chi connectivity index (χ3n) is 5.20. The summed E-state index contributed by atoms with van der Waals surface area (Å²) in [6.45, 7) is 10.4. The standard InChI is InChI=1S/C24H29N5O4/c1-6-28(7-2)23(31)17-8-10-18(11-9-17)27-21(30)14-33-24(32)19-12-16(5)26-22-20(19)13-25-29(22)15(3)4/h8-13,15H,6-7,14H2,1-5H3,(H,27,30). The second-order valence-corrected chi connectivity index (χ2v) is 7.91. The summed E-state index contributed by atoms with van der Waals surface area (Å²) < 4.78 is 6.98. The minimum Gasteiger partial charge on any atom is -0.452 e. The number of nitrogens with zero attached hydrogens (tertiary/aromatic N) is 4. The SMILES string of the molecule is CCN(CC)C(=O)c1ccc(NC(=O)COC(=O)c2cc(C)nc3c2cnn3C(C)C)cc1. The summed E-state index contributed by atoms with van der Waals surface area (Å²) in [6.07, 6.45) is 1.58. The van der Waals surface area contributed by atoms with Gasteiger partial charge in [0.15, 0.2) is 12.3 Å². The van der Waals surface area contributed by atoms with E-state index in [0.717, 1.165) is 0 Å². The molecule has 1 aromatic carbocycles. The zero-order valence-electron chi connectivity index (χ0n) is 19.6. The molecule has 0 aliphatic carbocycles. The number of nitrogens with one attached hydrogen (secondary N) is 1. The van der Waals surface area contributed by atoms with Gasteiger partial charge in [-0.2, -0.15) is 5.10 Å². The van der Waals surface area contributed by atoms with Crippen LogP contribution in [0.2, 0.25) is 0 Å². The van der Waals surface area contributed by atoms with Crippen molar-refractivity contribution in [1.29, 1.82) is 0 Å². The Bertz CT molecular complexity index is 1160. The van der Waals surface area contributed by atoms with Crippen LogP contribution in [0.25, 0.3) is 11.0 Å². The third-order valence-corrected chi connectivity index (χ3v) is 5.20. The second kappa shape index (κ2) is 10.2. The van der Waals surface area contributed by atoms with Crippen LogP contribution >= 0.6 is 0 Å². The van der Waals surface area contributed by atoms with Crippen LogP contribution in [0.15, 0.2) is 36.5 Å². The number of hydrogen-bond donors (Lipinski definition) is 1. The highest BCUT2D eigenvalue weighted by molar-refractivity contribution is 6.04. The van der Waals surface area contributed by atoms with E-state index >= 15 is 0 Å². The average molecular weight is 452 g/mol. The third kappa shape index (κ3) is 5.36. The molecule has 3 rings (SSSR count). The Balaban J connectivity index is 1.63. The van der Waals surface area contributed by atoms with Crippen molar-refractivity contribution >= 4 is 34.5 Å². The molecule has 0 saturated carbocycles. The molecule has 3 aromatic rings. The van der Waals surface area contributed by atoms with Gasteiger partial charge < -0.3 is 15.0 Å². The number of fused-ring (bicyclic) bond motifs is 1. The molecule has 33 heavy (non-hydrogen) atoms. The van der Waals surface area contributed by atoms with Crippen molar-refractivity contribution in [3.8, 4) is 0 Å². The van der Waals surface area contributed by atoms with Gasteiger partial charge in [0.2, 0.25) is 0 Å². The van der Waals surface area contributed by atoms with Gasteiger partial charge in [-0.25, -0.2) is 14.5 Å². The first-order valence-corrected chi connectivity index (χ1v) is 11.0. The van der Waals surface area contributed by atoms with Gasteiger partial charge in [-0.05, 0) is 65.0 Å². The molecule has 174 valence electrons. The van der Waals surface area contributed by atoms with Gasteiger partial charge in [-0.15, -0.1) is 0 Å². The van der Waals surface area contributed by atoms with E-state index in [4.69, 9.17) is 4.74 Å². The van der Waals surface area contributed by atoms with E-state index in [9.17, 15) is 14.4 Å². The summed E-state index contributed by atoms with van der Waals surface area (Å²) in [6, 6.07) is 8.32. The normalized spacial score (nSPS) is 11.0. The maximum atomic E-state index is 12.7. The number of aromatic nitrogens is 3. The second-order valence-electron chi connectivity index (χ2n) is 7.91. The summed E-state index contributed by atoms with van der Waals surface area (Å²) >= 11 is 0. The highest BCUT2D eigenvalue weighted by atomic mass is 16.5. The molecule has 0 saturated heterocycles. The first-order chi connectivity index (χ1) is 15.7. The number of amides is 2. The fourth-order valence-corrected chi connectivity index (χ4v) is 3.49. The van der Waals surface area contributed by atoms with Crippen molar-refractivity contribution in [3.63, 3.8) is 0 Å². The van der Waals surface area contributed by atoms with Crippen LogP contribution in [0, 0.1) is 6.92 Å². The van der Waals surface area contributed by atoms with Crippen LogP contribution in [0.3, 0.4) is 0 Å². The van der Waals surface area contributed by atoms with Gasteiger partial charge >= 0.3 is 5.97 Å². The van der Waals surface area contributed by atoms with Gasteiger partial charge in [0.05, 0.1) is 17.1 Å². The minimum atomic E-state index is -0.621. The van der Waals surface area contributed by atoms with Gasteiger partial charge in [-0.3, -0.25) is 9.59 Å². The lowest BCUT2D eigenvalue weighted by Crippen LogP contribution is -2.30. The van der Waals surface area contributed by atoms with Crippen molar-refractivity contribution in [3.05, 3.63) is 53.3 Å². The molecule has 0 atom stereocenters. The summed E-state index contributed by atoms with van der Waals surface area (Å²) in [7, 11) is 0. The quantitative estimate of drug-likeness (QED) is 0.525. The molecule has 0 aliphatic heterocycles. The molecule has 0 aliphatic rings. The number of carbonyl (C=O) groups is 3. The molecule has 0 bridgehead atoms. The zero-order chi connectivity index (χ0) is 24.1. The fraction of sp³-hybridized carbons (Fsp3) is 0.375. The summed E-state index contributed by atoms with van der Waals surface area (Å²) in [5.74, 6) is -1.17. The largest absolute Gasteiger partial charge is 0.452 e. The molecule has 0 fully saturated rings. The maximum Gasteiger partial charge on any atom is 0.339 e. The Morgan fingerprint density at radius 2 is 1.79 bits per heavy atom. The van der Waals surface area contributed by atoms with Gasteiger partial charge in [0.1, 0.15) is 0 Å². The Morgan fingerprint density at radius 3 is 2.39 bits per heavy atom. The molecule has 2 aromatic heterocycles. The number of anilines is 1. The molecule has 9 heteroatoms. The lowest BCUT2D eigenvalue weighted by atomic mass is 10.1. The van der Waals surface area contributed by atoms with Gasteiger partial charge in [0, 0.05) is 36.1 Å². The number of rotatable bonds is 8. The van der Waals surface area contributed by atoms with Crippen LogP contribution in [-0.4, -0.2) is 57.1 Å². The van der Waals surface area contributed by atoms with Gasteiger partial charge in [0.25, 0.3) is 11.8 Å². The molecule has 0 unspecified atom stereocenters. The number of benzene rings is 1. The van der Waals surface area contributed by atoms with Crippen LogP contribution in [0.4, 0.5) is 5.69 Å². The first kappa shape index (κ1) is 23.9. The van der Waals surface area contributed by atoms with Crippen LogP contribution in [-0.2, 0) is 9.53 Å². The van der Waals surface area contributed by atoms with Crippen LogP contribution < -0.4 is 5.32 Å². The molecule has 2 heterocycles. The lowest BCUT2D eigenvalue weighted by molar-refractivity contribution is -0.119. The molecular weight excluding hydrogens is 422 g/mol. The minimum absolute atomic E-state index is 0.0634. The topological polar surface area (TPSA) is 106 Å². The zero-order valence-corrected chi connectivity index (χ0v) is 19.6. The highest BCUT2D eigenvalue weighted by Gasteiger charge is 2.19. The number of carbonyl (C=O) groups excluding carboxylic acids is 3. The van der Waals surface area contributed by atoms with Crippen molar-refractivity contribution in [2.24, 2.45) is 0 Å². The fourth-order valence-electron chi connectivity index (χ4n) is 3.49. The molecular formula is C24H29N5O4. The lowest BCUT2D eigenvalue weighted by Gasteiger charge is -2.18. The number of pyridine rings is 1. The first-order valence-electron chi connectivity index (χ1n) is 11.0. The molecule has 1 N–H and O–H groups in total. The Labute approximate surface area is 192 Å². The van der Waals surface area contributed by atoms with E-state index in [1.54, 1.807) is 53.0 Å². The van der Waals surface area contributed by atoms with Gasteiger partial charge in [-0.1, -0.05) is 0 Å². The summed E-state index contributed by atoms with van der Waals surface area (Å²) in [4.78, 5) is 43.6. The van der Waals surface area contributed by atoms with E-state index in [1.165, 1.54) is 0 Å². The monoisotopic (exact) mass is 451 g/mol. The maximum absolute atomic E-state index is 12.7. The molecule has 0 spiro atoms. The van der Waals surface area contributed by atoms with E-state index in [1.807, 2.05) is 27.7 Å². The molecule has 9 nitrogen and oxygen atoms in total. The Kier molecular flexibility index (Phi) is 7.42. The van der Waals surface area contributed by atoms with Crippen molar-refractivity contribution in [2.45, 2.75) is 40.7 Å². The molecule has 0 radical (unpaired) electrons. The van der Waals surface area contributed by atoms with Crippen molar-refractivity contribution < 1.29 is 19.1 Å². The van der Waals surface area contributed by atoms with E-state index < -0.39 is 18.5 Å². The number of ether oxygens (including phenoxy) is 1. The van der Waals surface area contributed by atoms with Crippen molar-refractivity contribution in [2.75, 3.05) is 25.0 Å². The predicted octanol–water partition coefficient (Wildman–Crippen LogP) is 3.60. The van der Waals surface area contributed by atoms with E-state index in [-0.39, 0.29) is 11.9 Å². The number of esters is 1. The van der Waals surface area contributed by atoms with Crippen LogP contribution in [0.1, 0.15) is 60.1 Å². The Hall–Kier alpha value is -3.75. The summed E-state index contributed by atoms with van der Waals surface area (Å²) in [5.41, 5.74) is 2.62. The molecule has 2 amide bonds. The predicted molar refractivity (Wildman–Crippen MR) is 125 cm³/mol. The number of hydrogen-bond acceptors (Lipinski definition) is 6. The number of aryl methyl sites for hydroxylation is 1. The van der Waals surface area contributed by atoms with Crippen LogP contribution in [0.5, 0.6) is 0 Å². The Morgan fingerprint density at radius 1 is 1.12 bits per heavy atom. The smallest absolute Gasteiger partial charge is 0.339 e. The van der Waals surface area contributed by atoms with Crippen molar-refractivity contribution in [1.82, 2.24) is 19.7 Å². The highest BCUT2D eigenvalue weighted by Crippen LogP contribution is 2.21. The summed E-state index contributed by atoms with van der Waals surface area (Å²) in [5, 5.41) is 7.56. The van der Waals surface area contributed by atoms with E-state index in [2.05, 4.69) is 15.4 Å².